The molecule has 6 heteroatoms. The molecule has 3 heterocycles. The Morgan fingerprint density at radius 1 is 1.13 bits per heavy atom. The molecule has 2 aromatic heterocycles. The lowest BCUT2D eigenvalue weighted by molar-refractivity contribution is 0.0386. The zero-order valence-corrected chi connectivity index (χ0v) is 13.8. The number of likely N-dealkylation sites (tertiary alicyclic amines) is 1. The molecule has 1 amide bonds. The van der Waals surface area contributed by atoms with Gasteiger partial charge in [-0.3, -0.25) is 4.79 Å². The van der Waals surface area contributed by atoms with Gasteiger partial charge in [0.05, 0.1) is 0 Å². The molecule has 0 bridgehead atoms. The zero-order chi connectivity index (χ0) is 15.6. The van der Waals surface area contributed by atoms with E-state index in [4.69, 9.17) is 0 Å². The standard InChI is InChI=1S/C17H20N4OS/c22-17(21-10-3-6-12-5-1-2-7-14(12)21)13-11-23-16(20-13)15-18-8-4-9-19-15/h4,8-9,11-12,14H,1-3,5-7,10H2/t12-,14+/m0/s1. The Morgan fingerprint density at radius 2 is 1.91 bits per heavy atom. The monoisotopic (exact) mass is 328 g/mol. The summed E-state index contributed by atoms with van der Waals surface area (Å²) in [5, 5.41) is 2.56. The largest absolute Gasteiger partial charge is 0.334 e. The molecule has 0 radical (unpaired) electrons. The number of carbonyl (C=O) groups excluding carboxylic acids is 1. The molecule has 1 saturated heterocycles. The highest BCUT2D eigenvalue weighted by Crippen LogP contribution is 2.36. The molecule has 4 rings (SSSR count). The van der Waals surface area contributed by atoms with Crippen LogP contribution in [-0.4, -0.2) is 38.3 Å². The summed E-state index contributed by atoms with van der Waals surface area (Å²) in [7, 11) is 0. The summed E-state index contributed by atoms with van der Waals surface area (Å²) in [6.07, 6.45) is 10.8. The summed E-state index contributed by atoms with van der Waals surface area (Å²) in [4.78, 5) is 27.9. The van der Waals surface area contributed by atoms with E-state index >= 15 is 0 Å². The van der Waals surface area contributed by atoms with Crippen molar-refractivity contribution in [2.24, 2.45) is 5.92 Å². The smallest absolute Gasteiger partial charge is 0.273 e. The third-order valence-corrected chi connectivity index (χ3v) is 5.82. The second-order valence-corrected chi connectivity index (χ2v) is 7.22. The van der Waals surface area contributed by atoms with Gasteiger partial charge in [0.1, 0.15) is 5.69 Å². The third kappa shape index (κ3) is 2.87. The van der Waals surface area contributed by atoms with E-state index in [9.17, 15) is 4.79 Å². The highest BCUT2D eigenvalue weighted by atomic mass is 32.1. The van der Waals surface area contributed by atoms with E-state index in [0.29, 0.717) is 28.5 Å². The summed E-state index contributed by atoms with van der Waals surface area (Å²) < 4.78 is 0. The second kappa shape index (κ2) is 6.35. The van der Waals surface area contributed by atoms with Gasteiger partial charge in [0.25, 0.3) is 5.91 Å². The maximum Gasteiger partial charge on any atom is 0.273 e. The first-order valence-electron chi connectivity index (χ1n) is 8.37. The molecule has 2 atom stereocenters. The average molecular weight is 328 g/mol. The fourth-order valence-corrected chi connectivity index (χ4v) is 4.65. The van der Waals surface area contributed by atoms with E-state index in [1.165, 1.54) is 37.0 Å². The van der Waals surface area contributed by atoms with Gasteiger partial charge in [0.15, 0.2) is 10.8 Å². The molecule has 23 heavy (non-hydrogen) atoms. The van der Waals surface area contributed by atoms with E-state index in [1.807, 2.05) is 5.38 Å². The minimum absolute atomic E-state index is 0.0834. The number of hydrogen-bond donors (Lipinski definition) is 0. The van der Waals surface area contributed by atoms with Crippen LogP contribution in [0.4, 0.5) is 0 Å². The van der Waals surface area contributed by atoms with Gasteiger partial charge in [-0.1, -0.05) is 12.8 Å². The van der Waals surface area contributed by atoms with E-state index < -0.39 is 0 Å². The number of fused-ring (bicyclic) bond motifs is 1. The van der Waals surface area contributed by atoms with Crippen molar-refractivity contribution < 1.29 is 4.79 Å². The maximum atomic E-state index is 12.9. The third-order valence-electron chi connectivity index (χ3n) is 4.98. The van der Waals surface area contributed by atoms with Crippen LogP contribution in [0.5, 0.6) is 0 Å². The molecule has 0 aromatic carbocycles. The van der Waals surface area contributed by atoms with Crippen molar-refractivity contribution in [1.29, 1.82) is 0 Å². The number of amides is 1. The summed E-state index contributed by atoms with van der Waals surface area (Å²) >= 11 is 1.44. The number of hydrogen-bond acceptors (Lipinski definition) is 5. The molecule has 2 aromatic rings. The Balaban J connectivity index is 1.56. The highest BCUT2D eigenvalue weighted by Gasteiger charge is 2.36. The summed E-state index contributed by atoms with van der Waals surface area (Å²) in [5.74, 6) is 1.36. The quantitative estimate of drug-likeness (QED) is 0.848. The molecule has 2 fully saturated rings. The first kappa shape index (κ1) is 14.8. The molecule has 2 aliphatic rings. The van der Waals surface area contributed by atoms with Crippen molar-refractivity contribution in [3.8, 4) is 10.8 Å². The van der Waals surface area contributed by atoms with Gasteiger partial charge in [0, 0.05) is 30.4 Å². The zero-order valence-electron chi connectivity index (χ0n) is 13.0. The van der Waals surface area contributed by atoms with Crippen LogP contribution in [0.1, 0.15) is 49.0 Å². The van der Waals surface area contributed by atoms with Gasteiger partial charge < -0.3 is 4.90 Å². The van der Waals surface area contributed by atoms with Crippen LogP contribution in [0.2, 0.25) is 0 Å². The summed E-state index contributed by atoms with van der Waals surface area (Å²) in [6.45, 7) is 0.870. The van der Waals surface area contributed by atoms with Crippen molar-refractivity contribution in [2.75, 3.05) is 6.54 Å². The van der Waals surface area contributed by atoms with Gasteiger partial charge in [-0.2, -0.15) is 0 Å². The van der Waals surface area contributed by atoms with Crippen molar-refractivity contribution in [2.45, 2.75) is 44.6 Å². The minimum atomic E-state index is 0.0834. The lowest BCUT2D eigenvalue weighted by atomic mass is 9.78. The van der Waals surface area contributed by atoms with E-state index in [0.717, 1.165) is 19.4 Å². The molecule has 1 aliphatic carbocycles. The van der Waals surface area contributed by atoms with Gasteiger partial charge in [-0.05, 0) is 37.7 Å². The van der Waals surface area contributed by atoms with Crippen LogP contribution in [0.25, 0.3) is 10.8 Å². The molecule has 120 valence electrons. The molecule has 1 saturated carbocycles. The number of nitrogens with zero attached hydrogens (tertiary/aromatic N) is 4. The van der Waals surface area contributed by atoms with Crippen molar-refractivity contribution in [3.63, 3.8) is 0 Å². The normalized spacial score (nSPS) is 24.3. The molecule has 0 spiro atoms. The lowest BCUT2D eigenvalue weighted by Gasteiger charge is -2.43. The summed E-state index contributed by atoms with van der Waals surface area (Å²) in [5.41, 5.74) is 0.545. The van der Waals surface area contributed by atoms with Crippen LogP contribution >= 0.6 is 11.3 Å². The average Bonchev–Trinajstić information content (AvgIpc) is 3.11. The van der Waals surface area contributed by atoms with E-state index in [2.05, 4.69) is 19.9 Å². The maximum absolute atomic E-state index is 12.9. The van der Waals surface area contributed by atoms with Crippen LogP contribution < -0.4 is 0 Å². The van der Waals surface area contributed by atoms with Gasteiger partial charge in [-0.25, -0.2) is 15.0 Å². The van der Waals surface area contributed by atoms with Crippen LogP contribution in [0, 0.1) is 5.92 Å². The Kier molecular flexibility index (Phi) is 4.08. The first-order chi connectivity index (χ1) is 11.3. The topological polar surface area (TPSA) is 59.0 Å². The predicted octanol–water partition coefficient (Wildman–Crippen LogP) is 3.39. The van der Waals surface area contributed by atoms with Crippen LogP contribution in [0.15, 0.2) is 23.8 Å². The van der Waals surface area contributed by atoms with Crippen molar-refractivity contribution in [1.82, 2.24) is 19.9 Å². The minimum Gasteiger partial charge on any atom is -0.334 e. The Bertz CT molecular complexity index is 685. The Labute approximate surface area is 139 Å². The van der Waals surface area contributed by atoms with Crippen molar-refractivity contribution >= 4 is 17.2 Å². The predicted molar refractivity (Wildman–Crippen MR) is 89.2 cm³/mol. The van der Waals surface area contributed by atoms with Gasteiger partial charge in [0.2, 0.25) is 0 Å². The Hall–Kier alpha value is -1.82. The molecule has 5 nitrogen and oxygen atoms in total. The van der Waals surface area contributed by atoms with E-state index in [-0.39, 0.29) is 5.91 Å². The first-order valence-corrected chi connectivity index (χ1v) is 9.25. The van der Waals surface area contributed by atoms with Crippen LogP contribution in [-0.2, 0) is 0 Å². The van der Waals surface area contributed by atoms with Gasteiger partial charge in [-0.15, -0.1) is 11.3 Å². The molecular weight excluding hydrogens is 308 g/mol. The lowest BCUT2D eigenvalue weighted by Crippen LogP contribution is -2.49. The molecular formula is C17H20N4OS. The number of rotatable bonds is 2. The number of thiazole rings is 1. The Morgan fingerprint density at radius 3 is 2.78 bits per heavy atom. The fourth-order valence-electron chi connectivity index (χ4n) is 3.91. The SMILES string of the molecule is O=C(c1csc(-c2ncccn2)n1)N1CCC[C@@H]2CCCC[C@H]21. The van der Waals surface area contributed by atoms with Gasteiger partial charge >= 0.3 is 0 Å². The summed E-state index contributed by atoms with van der Waals surface area (Å²) in [6, 6.07) is 2.20. The highest BCUT2D eigenvalue weighted by molar-refractivity contribution is 7.13. The van der Waals surface area contributed by atoms with Crippen LogP contribution in [0.3, 0.4) is 0 Å². The number of piperidine rings is 1. The number of carbonyl (C=O) groups is 1. The molecule has 0 unspecified atom stereocenters. The van der Waals surface area contributed by atoms with Crippen molar-refractivity contribution in [3.05, 3.63) is 29.5 Å². The van der Waals surface area contributed by atoms with E-state index in [1.54, 1.807) is 18.5 Å². The second-order valence-electron chi connectivity index (χ2n) is 6.36. The molecule has 1 aliphatic heterocycles. The number of aromatic nitrogens is 3. The molecule has 0 N–H and O–H groups in total. The fraction of sp³-hybridized carbons (Fsp3) is 0.529.